The van der Waals surface area contributed by atoms with Crippen molar-refractivity contribution in [1.29, 1.82) is 5.41 Å². The Balaban J connectivity index is 2.00. The van der Waals surface area contributed by atoms with Crippen molar-refractivity contribution < 1.29 is 9.26 Å². The van der Waals surface area contributed by atoms with Crippen molar-refractivity contribution in [3.63, 3.8) is 0 Å². The van der Waals surface area contributed by atoms with Crippen molar-refractivity contribution >= 4 is 33.5 Å². The van der Waals surface area contributed by atoms with Crippen LogP contribution in [0.2, 0.25) is 0 Å². The van der Waals surface area contributed by atoms with Gasteiger partial charge in [-0.1, -0.05) is 5.16 Å². The Labute approximate surface area is 185 Å². The molecule has 1 aromatic carbocycles. The number of aromatic amines is 1. The Morgan fingerprint density at radius 3 is 2.50 bits per heavy atom. The van der Waals surface area contributed by atoms with Crippen molar-refractivity contribution in [1.82, 2.24) is 25.4 Å². The lowest BCUT2D eigenvalue weighted by atomic mass is 10.0. The Hall–Kier alpha value is -3.88. The molecule has 0 unspecified atom stereocenters. The smallest absolute Gasteiger partial charge is 0.144 e. The van der Waals surface area contributed by atoms with Gasteiger partial charge in [-0.2, -0.15) is 0 Å². The molecule has 0 aliphatic rings. The van der Waals surface area contributed by atoms with Gasteiger partial charge in [0, 0.05) is 29.2 Å². The van der Waals surface area contributed by atoms with Crippen LogP contribution in [-0.2, 0) is 0 Å². The first kappa shape index (κ1) is 21.4. The van der Waals surface area contributed by atoms with Crippen LogP contribution in [0.15, 0.2) is 28.0 Å². The van der Waals surface area contributed by atoms with Gasteiger partial charge >= 0.3 is 0 Å². The third-order valence-corrected chi connectivity index (χ3v) is 5.55. The molecule has 9 nitrogen and oxygen atoms in total. The number of aryl methyl sites for hydroxylation is 3. The topological polar surface area (TPSA) is 125 Å². The lowest BCUT2D eigenvalue weighted by Crippen LogP contribution is -2.17. The molecular formula is C23H27N7O2. The third-order valence-electron chi connectivity index (χ3n) is 5.55. The third kappa shape index (κ3) is 3.45. The van der Waals surface area contributed by atoms with Gasteiger partial charge in [0.25, 0.3) is 0 Å². The number of H-pyrrole nitrogens is 1. The number of nitrogens with zero attached hydrogens (tertiary/aromatic N) is 3. The number of benzene rings is 1. The minimum atomic E-state index is 0.402. The minimum absolute atomic E-state index is 0.402. The summed E-state index contributed by atoms with van der Waals surface area (Å²) in [7, 11) is 3.47. The molecule has 3 heterocycles. The van der Waals surface area contributed by atoms with E-state index in [-0.39, 0.29) is 0 Å². The van der Waals surface area contributed by atoms with E-state index >= 15 is 0 Å². The van der Waals surface area contributed by atoms with Crippen molar-refractivity contribution in [2.24, 2.45) is 0 Å². The molecule has 0 aliphatic heterocycles. The van der Waals surface area contributed by atoms with E-state index in [1.54, 1.807) is 14.0 Å². The molecule has 4 aromatic rings. The number of allylic oxidation sites excluding steroid dienone is 2. The summed E-state index contributed by atoms with van der Waals surface area (Å²) in [4.78, 5) is 12.7. The second-order valence-electron chi connectivity index (χ2n) is 7.77. The monoisotopic (exact) mass is 433 g/mol. The molecule has 32 heavy (non-hydrogen) atoms. The van der Waals surface area contributed by atoms with Gasteiger partial charge in [-0.3, -0.25) is 0 Å². The van der Waals surface area contributed by atoms with Gasteiger partial charge in [0.1, 0.15) is 28.8 Å². The molecule has 0 amide bonds. The van der Waals surface area contributed by atoms with E-state index in [1.165, 1.54) is 0 Å². The van der Waals surface area contributed by atoms with Crippen LogP contribution in [0.4, 0.5) is 5.82 Å². The molecule has 9 heteroatoms. The van der Waals surface area contributed by atoms with Gasteiger partial charge in [-0.25, -0.2) is 9.97 Å². The fourth-order valence-electron chi connectivity index (χ4n) is 3.97. The summed E-state index contributed by atoms with van der Waals surface area (Å²) in [6.45, 7) is 9.30. The molecule has 0 fully saturated rings. The molecule has 0 atom stereocenters. The molecule has 0 saturated carbocycles. The maximum Gasteiger partial charge on any atom is 0.144 e. The highest BCUT2D eigenvalue weighted by Gasteiger charge is 2.21. The molecule has 4 N–H and O–H groups in total. The highest BCUT2D eigenvalue weighted by Crippen LogP contribution is 2.40. The number of hydrogen-bond donors (Lipinski definition) is 4. The van der Waals surface area contributed by atoms with E-state index in [4.69, 9.17) is 14.7 Å². The van der Waals surface area contributed by atoms with Gasteiger partial charge in [0.15, 0.2) is 0 Å². The summed E-state index contributed by atoms with van der Waals surface area (Å²) in [5, 5.41) is 20.5. The van der Waals surface area contributed by atoms with Crippen molar-refractivity contribution in [2.75, 3.05) is 19.5 Å². The Kier molecular flexibility index (Phi) is 5.33. The minimum Gasteiger partial charge on any atom is -0.496 e. The average Bonchev–Trinajstić information content (AvgIpc) is 3.28. The van der Waals surface area contributed by atoms with Gasteiger partial charge in [0.05, 0.1) is 35.2 Å². The standard InChI is InChI=1S/C23H27N7O2/c1-10(24)21(12(3)25-6)29-23-20-15-9-18(31-7)16(19-11(2)30-32-13(19)4)8-17(15)28-22(20)26-14(5)27-23/h8-9,24-25H,1-7H3,(H2,26,27,28,29)/b21-12+,24-10?. The number of aromatic nitrogens is 4. The molecule has 0 spiro atoms. The Bertz CT molecular complexity index is 1380. The predicted molar refractivity (Wildman–Crippen MR) is 126 cm³/mol. The van der Waals surface area contributed by atoms with Gasteiger partial charge < -0.3 is 30.3 Å². The van der Waals surface area contributed by atoms with E-state index in [2.05, 4.69) is 30.7 Å². The van der Waals surface area contributed by atoms with Crippen LogP contribution in [0, 0.1) is 26.2 Å². The number of fused-ring (bicyclic) bond motifs is 3. The molecule has 0 saturated heterocycles. The molecular weight excluding hydrogens is 406 g/mol. The lowest BCUT2D eigenvalue weighted by Gasteiger charge is -2.14. The first-order valence-electron chi connectivity index (χ1n) is 10.3. The first-order valence-corrected chi connectivity index (χ1v) is 10.3. The predicted octanol–water partition coefficient (Wildman–Crippen LogP) is 4.60. The fraction of sp³-hybridized carbons (Fsp3) is 0.304. The second-order valence-corrected chi connectivity index (χ2v) is 7.77. The number of rotatable bonds is 6. The van der Waals surface area contributed by atoms with E-state index in [0.29, 0.717) is 34.4 Å². The largest absolute Gasteiger partial charge is 0.496 e. The Morgan fingerprint density at radius 2 is 1.91 bits per heavy atom. The maximum absolute atomic E-state index is 8.19. The summed E-state index contributed by atoms with van der Waals surface area (Å²) in [6, 6.07) is 4.00. The molecule has 166 valence electrons. The molecule has 3 aromatic heterocycles. The van der Waals surface area contributed by atoms with Crippen LogP contribution in [0.25, 0.3) is 33.1 Å². The summed E-state index contributed by atoms with van der Waals surface area (Å²) in [6.07, 6.45) is 0. The zero-order valence-corrected chi connectivity index (χ0v) is 19.3. The average molecular weight is 434 g/mol. The fourth-order valence-corrected chi connectivity index (χ4v) is 3.97. The summed E-state index contributed by atoms with van der Waals surface area (Å²) >= 11 is 0. The first-order chi connectivity index (χ1) is 15.2. The number of methoxy groups -OCH3 is 1. The number of ether oxygens (including phenoxy) is 1. The van der Waals surface area contributed by atoms with Crippen molar-refractivity contribution in [3.05, 3.63) is 40.8 Å². The quantitative estimate of drug-likeness (QED) is 0.327. The molecule has 0 aliphatic carbocycles. The number of anilines is 1. The van der Waals surface area contributed by atoms with Crippen LogP contribution in [-0.4, -0.2) is 40.0 Å². The van der Waals surface area contributed by atoms with Crippen molar-refractivity contribution in [3.8, 4) is 16.9 Å². The zero-order valence-electron chi connectivity index (χ0n) is 19.3. The van der Waals surface area contributed by atoms with Crippen LogP contribution in [0.1, 0.15) is 31.1 Å². The zero-order chi connectivity index (χ0) is 23.2. The SMILES string of the molecule is CN/C(C)=C(/Nc1nc(C)nc2[nH]c3cc(-c4c(C)noc4C)c(OC)cc3c12)C(C)=N. The van der Waals surface area contributed by atoms with Gasteiger partial charge in [-0.05, 0) is 46.8 Å². The summed E-state index contributed by atoms with van der Waals surface area (Å²) in [5.41, 5.74) is 6.12. The summed E-state index contributed by atoms with van der Waals surface area (Å²) < 4.78 is 11.1. The van der Waals surface area contributed by atoms with Gasteiger partial charge in [-0.15, -0.1) is 0 Å². The van der Waals surface area contributed by atoms with E-state index in [9.17, 15) is 0 Å². The lowest BCUT2D eigenvalue weighted by molar-refractivity contribution is 0.393. The summed E-state index contributed by atoms with van der Waals surface area (Å²) in [5.74, 6) is 2.67. The van der Waals surface area contributed by atoms with E-state index in [1.807, 2.05) is 46.9 Å². The van der Waals surface area contributed by atoms with Gasteiger partial charge in [0.2, 0.25) is 0 Å². The van der Waals surface area contributed by atoms with Crippen molar-refractivity contribution in [2.45, 2.75) is 34.6 Å². The Morgan fingerprint density at radius 1 is 1.16 bits per heavy atom. The highest BCUT2D eigenvalue weighted by molar-refractivity contribution is 6.14. The van der Waals surface area contributed by atoms with E-state index < -0.39 is 0 Å². The molecule has 4 rings (SSSR count). The molecule has 0 bridgehead atoms. The highest BCUT2D eigenvalue weighted by atomic mass is 16.5. The van der Waals surface area contributed by atoms with Crippen LogP contribution in [0.3, 0.4) is 0 Å². The number of nitrogens with one attached hydrogen (secondary N) is 4. The molecule has 0 radical (unpaired) electrons. The van der Waals surface area contributed by atoms with Crippen LogP contribution < -0.4 is 15.4 Å². The van der Waals surface area contributed by atoms with Crippen LogP contribution >= 0.6 is 0 Å². The number of hydrogen-bond acceptors (Lipinski definition) is 8. The maximum atomic E-state index is 8.19. The van der Waals surface area contributed by atoms with E-state index in [0.717, 1.165) is 44.6 Å². The normalized spacial score (nSPS) is 12.2. The van der Waals surface area contributed by atoms with Crippen LogP contribution in [0.5, 0.6) is 5.75 Å². The second kappa shape index (κ2) is 7.99.